The molecular formula is C17H19F4NO3S. The predicted molar refractivity (Wildman–Crippen MR) is 88.7 cm³/mol. The molecule has 1 aromatic heterocycles. The number of H-pyrrole nitrogens is 1. The highest BCUT2D eigenvalue weighted by atomic mass is 32.2. The molecule has 144 valence electrons. The lowest BCUT2D eigenvalue weighted by Crippen LogP contribution is -2.52. The van der Waals surface area contributed by atoms with Gasteiger partial charge < -0.3 is 4.98 Å². The number of aromatic nitrogens is 1. The van der Waals surface area contributed by atoms with Gasteiger partial charge in [-0.15, -0.1) is 0 Å². The molecule has 0 spiro atoms. The minimum Gasteiger partial charge on any atom is -0.361 e. The summed E-state index contributed by atoms with van der Waals surface area (Å²) in [6.07, 6.45) is 3.45. The van der Waals surface area contributed by atoms with Gasteiger partial charge in [0.25, 0.3) is 0 Å². The van der Waals surface area contributed by atoms with Crippen LogP contribution in [0.3, 0.4) is 0 Å². The van der Waals surface area contributed by atoms with Gasteiger partial charge in [-0.05, 0) is 48.6 Å². The normalized spacial score (nSPS) is 26.0. The zero-order chi connectivity index (χ0) is 19.2. The van der Waals surface area contributed by atoms with E-state index in [4.69, 9.17) is 4.55 Å². The monoisotopic (exact) mass is 393 g/mol. The molecule has 0 amide bonds. The van der Waals surface area contributed by atoms with Gasteiger partial charge in [0.05, 0.1) is 0 Å². The number of hydrogen-bond acceptors (Lipinski definition) is 2. The number of aromatic amines is 1. The van der Waals surface area contributed by atoms with E-state index < -0.39 is 33.1 Å². The fourth-order valence-corrected chi connectivity index (χ4v) is 4.57. The molecule has 2 aliphatic carbocycles. The van der Waals surface area contributed by atoms with Crippen LogP contribution in [0.4, 0.5) is 17.6 Å². The second-order valence-electron chi connectivity index (χ2n) is 6.96. The fourth-order valence-electron chi connectivity index (χ4n) is 4.07. The smallest absolute Gasteiger partial charge is 0.361 e. The summed E-state index contributed by atoms with van der Waals surface area (Å²) < 4.78 is 82.4. The third kappa shape index (κ3) is 3.22. The van der Waals surface area contributed by atoms with Crippen LogP contribution in [0.5, 0.6) is 0 Å². The highest BCUT2D eigenvalue weighted by Crippen LogP contribution is 2.58. The molecule has 2 bridgehead atoms. The van der Waals surface area contributed by atoms with Crippen LogP contribution >= 0.6 is 0 Å². The first-order valence-corrected chi connectivity index (χ1v) is 9.73. The second kappa shape index (κ2) is 6.53. The van der Waals surface area contributed by atoms with Crippen LogP contribution in [0.25, 0.3) is 10.9 Å². The molecule has 26 heavy (non-hydrogen) atoms. The number of hydrogen-bond donors (Lipinski definition) is 2. The molecule has 2 aromatic rings. The van der Waals surface area contributed by atoms with E-state index in [1.54, 1.807) is 0 Å². The Balaban J connectivity index is 0.000000181. The number of rotatable bonds is 3. The van der Waals surface area contributed by atoms with E-state index in [1.165, 1.54) is 10.9 Å². The first-order valence-electron chi connectivity index (χ1n) is 8.29. The van der Waals surface area contributed by atoms with Gasteiger partial charge in [0.2, 0.25) is 0 Å². The van der Waals surface area contributed by atoms with E-state index in [1.807, 2.05) is 18.3 Å². The van der Waals surface area contributed by atoms with Crippen LogP contribution in [0, 0.1) is 17.8 Å². The van der Waals surface area contributed by atoms with Gasteiger partial charge in [-0.1, -0.05) is 24.6 Å². The first kappa shape index (κ1) is 19.2. The van der Waals surface area contributed by atoms with E-state index in [9.17, 15) is 26.0 Å². The van der Waals surface area contributed by atoms with Crippen molar-refractivity contribution in [3.63, 3.8) is 0 Å². The van der Waals surface area contributed by atoms with Gasteiger partial charge in [-0.3, -0.25) is 4.55 Å². The number of fused-ring (bicyclic) bond motifs is 3. The standard InChI is InChI=1S/C9H12F4O3S.C8H7N/c10-8(11,9(12,13)17(14,15)16)7-4-5-1-2-6(7)3-5;1-2-4-8-7(3-1)5-6-9-8/h5-7H,1-4H2,(H,14,15,16);1-6,9H. The average Bonchev–Trinajstić information content (AvgIpc) is 3.30. The summed E-state index contributed by atoms with van der Waals surface area (Å²) in [6, 6.07) is 10.3. The number of halogens is 4. The molecule has 0 saturated heterocycles. The zero-order valence-electron chi connectivity index (χ0n) is 13.7. The van der Waals surface area contributed by atoms with Gasteiger partial charge in [0.15, 0.2) is 0 Å². The molecule has 3 unspecified atom stereocenters. The van der Waals surface area contributed by atoms with Crippen LogP contribution in [0.2, 0.25) is 0 Å². The van der Waals surface area contributed by atoms with Crippen molar-refractivity contribution in [2.24, 2.45) is 17.8 Å². The molecule has 1 heterocycles. The maximum absolute atomic E-state index is 13.6. The lowest BCUT2D eigenvalue weighted by atomic mass is 9.84. The lowest BCUT2D eigenvalue weighted by molar-refractivity contribution is -0.202. The van der Waals surface area contributed by atoms with E-state index in [-0.39, 0.29) is 12.3 Å². The average molecular weight is 393 g/mol. The Morgan fingerprint density at radius 2 is 1.73 bits per heavy atom. The fraction of sp³-hybridized carbons (Fsp3) is 0.529. The van der Waals surface area contributed by atoms with Crippen molar-refractivity contribution in [1.29, 1.82) is 0 Å². The summed E-state index contributed by atoms with van der Waals surface area (Å²) >= 11 is 0. The molecule has 2 N–H and O–H groups in total. The Labute approximate surface area is 148 Å². The quantitative estimate of drug-likeness (QED) is 0.586. The largest absolute Gasteiger partial charge is 0.431 e. The van der Waals surface area contributed by atoms with Gasteiger partial charge in [0.1, 0.15) is 0 Å². The minimum absolute atomic E-state index is 0.0203. The Bertz CT molecular complexity index is 851. The van der Waals surface area contributed by atoms with Crippen LogP contribution in [0.15, 0.2) is 36.5 Å². The van der Waals surface area contributed by atoms with Crippen molar-refractivity contribution in [2.75, 3.05) is 0 Å². The molecule has 2 fully saturated rings. The van der Waals surface area contributed by atoms with Crippen molar-refractivity contribution >= 4 is 21.0 Å². The Morgan fingerprint density at radius 3 is 2.27 bits per heavy atom. The second-order valence-corrected chi connectivity index (χ2v) is 8.42. The van der Waals surface area contributed by atoms with Crippen LogP contribution in [-0.4, -0.2) is 29.1 Å². The van der Waals surface area contributed by atoms with E-state index in [0.29, 0.717) is 12.8 Å². The van der Waals surface area contributed by atoms with Gasteiger partial charge in [-0.25, -0.2) is 0 Å². The Morgan fingerprint density at radius 1 is 1.04 bits per heavy atom. The summed E-state index contributed by atoms with van der Waals surface area (Å²) in [7, 11) is -6.10. The Kier molecular flexibility index (Phi) is 4.81. The zero-order valence-corrected chi connectivity index (χ0v) is 14.5. The molecule has 0 aliphatic heterocycles. The highest BCUT2D eigenvalue weighted by molar-refractivity contribution is 7.87. The summed E-state index contributed by atoms with van der Waals surface area (Å²) in [6.45, 7) is 0. The van der Waals surface area contributed by atoms with E-state index in [0.717, 1.165) is 6.42 Å². The summed E-state index contributed by atoms with van der Waals surface area (Å²) in [5.74, 6) is -6.95. The molecular weight excluding hydrogens is 374 g/mol. The van der Waals surface area contributed by atoms with Crippen molar-refractivity contribution < 1.29 is 30.5 Å². The number of para-hydroxylation sites is 1. The molecule has 4 rings (SSSR count). The molecule has 1 aromatic carbocycles. The highest BCUT2D eigenvalue weighted by Gasteiger charge is 2.71. The third-order valence-corrected chi connectivity index (χ3v) is 6.30. The van der Waals surface area contributed by atoms with Crippen LogP contribution in [0.1, 0.15) is 25.7 Å². The Hall–Kier alpha value is -1.61. The topological polar surface area (TPSA) is 70.2 Å². The number of benzene rings is 1. The van der Waals surface area contributed by atoms with Crippen molar-refractivity contribution in [2.45, 2.75) is 36.9 Å². The van der Waals surface area contributed by atoms with Crippen LogP contribution in [-0.2, 0) is 10.1 Å². The van der Waals surface area contributed by atoms with Crippen molar-refractivity contribution in [3.05, 3.63) is 36.5 Å². The summed E-state index contributed by atoms with van der Waals surface area (Å²) in [5, 5.41) is -4.13. The molecule has 3 atom stereocenters. The molecule has 0 radical (unpaired) electrons. The maximum atomic E-state index is 13.6. The molecule has 2 aliphatic rings. The first-order chi connectivity index (χ1) is 12.0. The lowest BCUT2D eigenvalue weighted by Gasteiger charge is -2.33. The molecule has 4 nitrogen and oxygen atoms in total. The third-order valence-electron chi connectivity index (χ3n) is 5.38. The predicted octanol–water partition coefficient (Wildman–Crippen LogP) is 4.71. The van der Waals surface area contributed by atoms with Gasteiger partial charge >= 0.3 is 21.3 Å². The van der Waals surface area contributed by atoms with Gasteiger partial charge in [-0.2, -0.15) is 26.0 Å². The SMILES string of the molecule is O=S(=O)(O)C(F)(F)C(F)(F)C1CC2CCC1C2.c1ccc2[nH]ccc2c1. The summed E-state index contributed by atoms with van der Waals surface area (Å²) in [4.78, 5) is 3.12. The number of nitrogens with one attached hydrogen (secondary N) is 1. The number of alkyl halides is 4. The molecule has 2 saturated carbocycles. The summed E-state index contributed by atoms with van der Waals surface area (Å²) in [5.41, 5.74) is 1.21. The van der Waals surface area contributed by atoms with Crippen molar-refractivity contribution in [3.8, 4) is 0 Å². The minimum atomic E-state index is -6.10. The van der Waals surface area contributed by atoms with E-state index >= 15 is 0 Å². The van der Waals surface area contributed by atoms with Gasteiger partial charge in [0, 0.05) is 17.6 Å². The van der Waals surface area contributed by atoms with E-state index in [2.05, 4.69) is 23.2 Å². The molecule has 9 heteroatoms. The van der Waals surface area contributed by atoms with Crippen LogP contribution < -0.4 is 0 Å². The maximum Gasteiger partial charge on any atom is 0.431 e. The van der Waals surface area contributed by atoms with Crippen molar-refractivity contribution in [1.82, 2.24) is 4.98 Å².